The highest BCUT2D eigenvalue weighted by Crippen LogP contribution is 2.34. The van der Waals surface area contributed by atoms with E-state index in [-0.39, 0.29) is 5.75 Å². The molecule has 3 aromatic carbocycles. The molecule has 6 nitrogen and oxygen atoms in total. The van der Waals surface area contributed by atoms with Crippen LogP contribution in [0.3, 0.4) is 0 Å². The fourth-order valence-electron chi connectivity index (χ4n) is 3.38. The SMILES string of the molecule is Cc1ccc(NC(=O)O[C@H](CCC/C=C/C(=O)O)c2ccc(O)c3ccccc23)cc1. The summed E-state index contributed by atoms with van der Waals surface area (Å²) in [6, 6.07) is 18.1. The normalized spacial score (nSPS) is 12.0. The predicted molar refractivity (Wildman–Crippen MR) is 120 cm³/mol. The van der Waals surface area contributed by atoms with Gasteiger partial charge in [-0.2, -0.15) is 0 Å². The van der Waals surface area contributed by atoms with Gasteiger partial charge in [-0.1, -0.05) is 54.1 Å². The van der Waals surface area contributed by atoms with Crippen LogP contribution in [0.25, 0.3) is 10.8 Å². The maximum atomic E-state index is 12.6. The molecule has 3 N–H and O–H groups in total. The summed E-state index contributed by atoms with van der Waals surface area (Å²) in [4.78, 5) is 23.2. The van der Waals surface area contributed by atoms with Crippen LogP contribution in [-0.4, -0.2) is 22.3 Å². The Kier molecular flexibility index (Phi) is 7.27. The first kappa shape index (κ1) is 21.9. The fraction of sp³-hybridized carbons (Fsp3) is 0.200. The number of nitrogens with one attached hydrogen (secondary N) is 1. The van der Waals surface area contributed by atoms with Gasteiger partial charge in [-0.3, -0.25) is 5.32 Å². The fourth-order valence-corrected chi connectivity index (χ4v) is 3.38. The first-order valence-corrected chi connectivity index (χ1v) is 10.1. The molecule has 3 rings (SSSR count). The largest absolute Gasteiger partial charge is 0.507 e. The second kappa shape index (κ2) is 10.3. The van der Waals surface area contributed by atoms with Gasteiger partial charge >= 0.3 is 12.1 Å². The maximum Gasteiger partial charge on any atom is 0.412 e. The van der Waals surface area contributed by atoms with E-state index in [9.17, 15) is 14.7 Å². The highest BCUT2D eigenvalue weighted by molar-refractivity contribution is 5.91. The highest BCUT2D eigenvalue weighted by Gasteiger charge is 2.20. The van der Waals surface area contributed by atoms with E-state index in [1.54, 1.807) is 30.3 Å². The number of ether oxygens (including phenoxy) is 1. The molecule has 31 heavy (non-hydrogen) atoms. The van der Waals surface area contributed by atoms with Gasteiger partial charge in [0, 0.05) is 22.7 Å². The molecule has 6 heteroatoms. The molecule has 160 valence electrons. The summed E-state index contributed by atoms with van der Waals surface area (Å²) >= 11 is 0. The van der Waals surface area contributed by atoms with Crippen molar-refractivity contribution in [3.63, 3.8) is 0 Å². The number of amides is 1. The zero-order chi connectivity index (χ0) is 22.2. The number of rotatable bonds is 8. The number of phenolic OH excluding ortho intramolecular Hbond substituents is 1. The summed E-state index contributed by atoms with van der Waals surface area (Å²) in [6.45, 7) is 1.97. The van der Waals surface area contributed by atoms with Gasteiger partial charge in [0.05, 0.1) is 0 Å². The summed E-state index contributed by atoms with van der Waals surface area (Å²) in [5.74, 6) is -0.832. The standard InChI is InChI=1S/C25H25NO5/c1-17-11-13-18(14-12-17)26-25(30)31-23(9-3-2-4-10-24(28)29)21-15-16-22(27)20-8-6-5-7-19(20)21/h4-8,10-16,23,27H,2-3,9H2,1H3,(H,26,30)(H,28,29)/b10-4+/t23-/m1/s1. The van der Waals surface area contributed by atoms with Crippen molar-refractivity contribution in [3.8, 4) is 5.75 Å². The molecule has 0 heterocycles. The third-order valence-corrected chi connectivity index (χ3v) is 4.93. The van der Waals surface area contributed by atoms with Gasteiger partial charge < -0.3 is 14.9 Å². The lowest BCUT2D eigenvalue weighted by Crippen LogP contribution is -2.18. The quantitative estimate of drug-likeness (QED) is 0.309. The van der Waals surface area contributed by atoms with Gasteiger partial charge in [-0.15, -0.1) is 0 Å². The van der Waals surface area contributed by atoms with Gasteiger partial charge in [0.15, 0.2) is 0 Å². The molecule has 0 aliphatic carbocycles. The summed E-state index contributed by atoms with van der Waals surface area (Å²) in [5, 5.41) is 23.1. The minimum atomic E-state index is -0.991. The van der Waals surface area contributed by atoms with Crippen LogP contribution in [0.15, 0.2) is 72.8 Å². The molecular weight excluding hydrogens is 394 g/mol. The van der Waals surface area contributed by atoms with E-state index in [2.05, 4.69) is 5.32 Å². The number of phenols is 1. The van der Waals surface area contributed by atoms with Crippen LogP contribution < -0.4 is 5.32 Å². The number of fused-ring (bicyclic) bond motifs is 1. The zero-order valence-corrected chi connectivity index (χ0v) is 17.2. The van der Waals surface area contributed by atoms with Crippen molar-refractivity contribution >= 4 is 28.5 Å². The molecule has 1 amide bonds. The first-order chi connectivity index (χ1) is 14.9. The molecule has 0 unspecified atom stereocenters. The number of aromatic hydroxyl groups is 1. The third kappa shape index (κ3) is 6.09. The van der Waals surface area contributed by atoms with E-state index in [0.29, 0.717) is 30.3 Å². The first-order valence-electron chi connectivity index (χ1n) is 10.1. The molecule has 0 radical (unpaired) electrons. The molecular formula is C25H25NO5. The molecule has 3 aromatic rings. The number of aliphatic carboxylic acids is 1. The molecule has 0 saturated heterocycles. The monoisotopic (exact) mass is 419 g/mol. The van der Waals surface area contributed by atoms with Crippen molar-refractivity contribution in [1.29, 1.82) is 0 Å². The number of carboxylic acid groups (broad SMARTS) is 1. The van der Waals surface area contributed by atoms with E-state index < -0.39 is 18.2 Å². The van der Waals surface area contributed by atoms with E-state index in [1.165, 1.54) is 0 Å². The lowest BCUT2D eigenvalue weighted by Gasteiger charge is -2.20. The number of unbranched alkanes of at least 4 members (excludes halogenated alkanes) is 1. The molecule has 0 aliphatic heterocycles. The number of benzene rings is 3. The number of aryl methyl sites for hydroxylation is 1. The zero-order valence-electron chi connectivity index (χ0n) is 17.2. The van der Waals surface area contributed by atoms with Gasteiger partial charge in [-0.25, -0.2) is 9.59 Å². The van der Waals surface area contributed by atoms with Gasteiger partial charge in [-0.05, 0) is 49.8 Å². The van der Waals surface area contributed by atoms with Gasteiger partial charge in [0.2, 0.25) is 0 Å². The minimum Gasteiger partial charge on any atom is -0.507 e. The third-order valence-electron chi connectivity index (χ3n) is 4.93. The predicted octanol–water partition coefficient (Wildman–Crippen LogP) is 5.95. The molecule has 0 fully saturated rings. The van der Waals surface area contributed by atoms with Crippen molar-refractivity contribution in [1.82, 2.24) is 0 Å². The van der Waals surface area contributed by atoms with Crippen LogP contribution in [0.5, 0.6) is 5.75 Å². The lowest BCUT2D eigenvalue weighted by atomic mass is 9.96. The van der Waals surface area contributed by atoms with Gasteiger partial charge in [0.25, 0.3) is 0 Å². The van der Waals surface area contributed by atoms with Crippen LogP contribution in [0.2, 0.25) is 0 Å². The number of allylic oxidation sites excluding steroid dienone is 1. The molecule has 1 atom stereocenters. The molecule has 0 saturated carbocycles. The smallest absolute Gasteiger partial charge is 0.412 e. The van der Waals surface area contributed by atoms with Crippen molar-refractivity contribution < 1.29 is 24.5 Å². The summed E-state index contributed by atoms with van der Waals surface area (Å²) < 4.78 is 5.77. The van der Waals surface area contributed by atoms with Gasteiger partial charge in [0.1, 0.15) is 11.9 Å². The summed E-state index contributed by atoms with van der Waals surface area (Å²) in [6.07, 6.45) is 3.22. The van der Waals surface area contributed by atoms with Crippen LogP contribution in [0.4, 0.5) is 10.5 Å². The number of hydrogen-bond donors (Lipinski definition) is 3. The number of hydrogen-bond acceptors (Lipinski definition) is 4. The average molecular weight is 419 g/mol. The van der Waals surface area contributed by atoms with E-state index in [1.807, 2.05) is 43.3 Å². The Morgan fingerprint density at radius 3 is 2.45 bits per heavy atom. The second-order valence-corrected chi connectivity index (χ2v) is 7.28. The van der Waals surface area contributed by atoms with Crippen molar-refractivity contribution in [2.75, 3.05) is 5.32 Å². The Morgan fingerprint density at radius 2 is 1.74 bits per heavy atom. The van der Waals surface area contributed by atoms with Crippen LogP contribution >= 0.6 is 0 Å². The second-order valence-electron chi connectivity index (χ2n) is 7.28. The molecule has 0 spiro atoms. The maximum absolute atomic E-state index is 12.6. The minimum absolute atomic E-state index is 0.159. The Balaban J connectivity index is 1.81. The van der Waals surface area contributed by atoms with E-state index in [4.69, 9.17) is 9.84 Å². The van der Waals surface area contributed by atoms with E-state index in [0.717, 1.165) is 22.6 Å². The van der Waals surface area contributed by atoms with Crippen molar-refractivity contribution in [2.45, 2.75) is 32.3 Å². The molecule has 0 aliphatic rings. The average Bonchev–Trinajstić information content (AvgIpc) is 2.75. The van der Waals surface area contributed by atoms with Crippen molar-refractivity contribution in [3.05, 3.63) is 83.9 Å². The topological polar surface area (TPSA) is 95.9 Å². The highest BCUT2D eigenvalue weighted by atomic mass is 16.6. The Bertz CT molecular complexity index is 1090. The molecule has 0 aromatic heterocycles. The Labute approximate surface area is 180 Å². The number of carbonyl (C=O) groups is 2. The number of carbonyl (C=O) groups excluding carboxylic acids is 1. The summed E-state index contributed by atoms with van der Waals surface area (Å²) in [7, 11) is 0. The van der Waals surface area contributed by atoms with Crippen LogP contribution in [0, 0.1) is 6.92 Å². The number of carboxylic acids is 1. The number of anilines is 1. The summed E-state index contributed by atoms with van der Waals surface area (Å²) in [5.41, 5.74) is 2.51. The Hall–Kier alpha value is -3.80. The molecule has 0 bridgehead atoms. The van der Waals surface area contributed by atoms with Crippen LogP contribution in [0.1, 0.15) is 36.5 Å². The lowest BCUT2D eigenvalue weighted by molar-refractivity contribution is -0.131. The van der Waals surface area contributed by atoms with Crippen LogP contribution in [-0.2, 0) is 9.53 Å². The van der Waals surface area contributed by atoms with E-state index >= 15 is 0 Å². The Morgan fingerprint density at radius 1 is 1.03 bits per heavy atom. The van der Waals surface area contributed by atoms with Crippen molar-refractivity contribution in [2.24, 2.45) is 0 Å².